The first kappa shape index (κ1) is 24.8. The van der Waals surface area contributed by atoms with Gasteiger partial charge >= 0.3 is 0 Å². The fraction of sp³-hybridized carbons (Fsp3) is 0.900. The van der Waals surface area contributed by atoms with Gasteiger partial charge in [0.25, 0.3) is 0 Å². The third-order valence-corrected chi connectivity index (χ3v) is 13.2. The van der Waals surface area contributed by atoms with Crippen molar-refractivity contribution in [2.24, 2.45) is 56.4 Å². The highest BCUT2D eigenvalue weighted by Gasteiger charge is 2.71. The molecule has 5 aliphatic carbocycles. The van der Waals surface area contributed by atoms with Crippen LogP contribution in [0.4, 0.5) is 0 Å². The highest BCUT2D eigenvalue weighted by atomic mass is 16.6. The lowest BCUT2D eigenvalue weighted by molar-refractivity contribution is -0.254. The summed E-state index contributed by atoms with van der Waals surface area (Å²) >= 11 is 0. The van der Waals surface area contributed by atoms with Crippen LogP contribution in [0.1, 0.15) is 106 Å². The van der Waals surface area contributed by atoms with E-state index < -0.39 is 0 Å². The van der Waals surface area contributed by atoms with Crippen molar-refractivity contribution in [2.75, 3.05) is 6.79 Å². The molecule has 4 nitrogen and oxygen atoms in total. The molecule has 0 heterocycles. The van der Waals surface area contributed by atoms with Crippen LogP contribution in [0.2, 0.25) is 0 Å². The average molecular weight is 472 g/mol. The summed E-state index contributed by atoms with van der Waals surface area (Å²) in [4.78, 5) is 0. The summed E-state index contributed by atoms with van der Waals surface area (Å²) in [6, 6.07) is 0. The Labute approximate surface area is 207 Å². The number of nitrogens with zero attached hydrogens (tertiary/aromatic N) is 1. The highest BCUT2D eigenvalue weighted by molar-refractivity contribution is 5.90. The lowest BCUT2D eigenvalue weighted by atomic mass is 9.33. The maximum absolute atomic E-state index is 9.87. The van der Waals surface area contributed by atoms with Gasteiger partial charge in [0.1, 0.15) is 6.79 Å². The van der Waals surface area contributed by atoms with Crippen LogP contribution in [0.3, 0.4) is 0 Å². The first-order chi connectivity index (χ1) is 15.9. The first-order valence-electron chi connectivity index (χ1n) is 14.0. The van der Waals surface area contributed by atoms with Gasteiger partial charge in [0.2, 0.25) is 0 Å². The van der Waals surface area contributed by atoms with Crippen molar-refractivity contribution in [3.8, 4) is 0 Å². The van der Waals surface area contributed by atoms with Crippen LogP contribution in [0.15, 0.2) is 17.3 Å². The molecule has 0 aromatic carbocycles. The number of aliphatic hydroxyl groups is 1. The van der Waals surface area contributed by atoms with Gasteiger partial charge in [-0.1, -0.05) is 51.9 Å². The van der Waals surface area contributed by atoms with E-state index in [0.29, 0.717) is 35.0 Å². The zero-order chi connectivity index (χ0) is 24.7. The lowest BCUT2D eigenvalue weighted by Gasteiger charge is -2.72. The second kappa shape index (κ2) is 7.81. The number of hydrogen-bond acceptors (Lipinski definition) is 4. The Bertz CT molecular complexity index is 880. The molecule has 0 aliphatic heterocycles. The van der Waals surface area contributed by atoms with Crippen molar-refractivity contribution < 1.29 is 15.1 Å². The van der Waals surface area contributed by atoms with Crippen molar-refractivity contribution >= 4 is 5.71 Å². The molecule has 2 N–H and O–H groups in total. The van der Waals surface area contributed by atoms with Gasteiger partial charge in [0.05, 0.1) is 11.3 Å². The molecule has 7 unspecified atom stereocenters. The summed E-state index contributed by atoms with van der Waals surface area (Å²) in [6.07, 6.45) is 11.6. The van der Waals surface area contributed by atoms with Gasteiger partial charge in [0, 0.05) is 5.41 Å². The smallest absolute Gasteiger partial charge is 0.144 e. The van der Waals surface area contributed by atoms with Crippen LogP contribution in [0.25, 0.3) is 0 Å². The molecule has 5 saturated carbocycles. The Kier molecular flexibility index (Phi) is 5.70. The Morgan fingerprint density at radius 2 is 1.68 bits per heavy atom. The van der Waals surface area contributed by atoms with E-state index in [9.17, 15) is 10.3 Å². The quantitative estimate of drug-likeness (QED) is 0.198. The van der Waals surface area contributed by atoms with Gasteiger partial charge in [-0.25, -0.2) is 0 Å². The predicted octanol–water partition coefficient (Wildman–Crippen LogP) is 7.19. The average Bonchev–Trinajstić information content (AvgIpc) is 3.14. The molecule has 0 aromatic rings. The number of aliphatic hydroxyl groups excluding tert-OH is 1. The summed E-state index contributed by atoms with van der Waals surface area (Å²) < 4.78 is 6.27. The van der Waals surface area contributed by atoms with Gasteiger partial charge in [-0.3, -0.25) is 0 Å². The molecule has 5 aliphatic rings. The van der Waals surface area contributed by atoms with E-state index in [1.54, 1.807) is 0 Å². The van der Waals surface area contributed by atoms with Gasteiger partial charge in [0.15, 0.2) is 0 Å². The van der Waals surface area contributed by atoms with Crippen molar-refractivity contribution in [1.82, 2.24) is 0 Å². The Morgan fingerprint density at radius 1 is 0.941 bits per heavy atom. The van der Waals surface area contributed by atoms with Gasteiger partial charge in [-0.05, 0) is 117 Å². The zero-order valence-corrected chi connectivity index (χ0v) is 22.6. The van der Waals surface area contributed by atoms with Crippen molar-refractivity contribution in [3.05, 3.63) is 12.2 Å². The van der Waals surface area contributed by atoms with Crippen LogP contribution in [0, 0.1) is 51.2 Å². The molecule has 0 amide bonds. The third-order valence-electron chi connectivity index (χ3n) is 13.2. The second-order valence-corrected chi connectivity index (χ2v) is 14.3. The first-order valence-corrected chi connectivity index (χ1v) is 14.0. The summed E-state index contributed by atoms with van der Waals surface area (Å²) in [6.45, 7) is 19.0. The molecule has 0 bridgehead atoms. The van der Waals surface area contributed by atoms with E-state index >= 15 is 0 Å². The van der Waals surface area contributed by atoms with Crippen LogP contribution in [-0.2, 0) is 4.74 Å². The molecular formula is C30H49NO3. The Balaban J connectivity index is 1.54. The van der Waals surface area contributed by atoms with Gasteiger partial charge in [-0.15, -0.1) is 0 Å². The van der Waals surface area contributed by atoms with E-state index in [2.05, 4.69) is 53.3 Å². The molecule has 4 heteroatoms. The minimum Gasteiger partial charge on any atom is -0.411 e. The number of fused-ring (bicyclic) bond motifs is 7. The van der Waals surface area contributed by atoms with Crippen molar-refractivity contribution in [3.63, 3.8) is 0 Å². The minimum absolute atomic E-state index is 0.0337. The Morgan fingerprint density at radius 3 is 2.32 bits per heavy atom. The molecule has 0 radical (unpaired) electrons. The monoisotopic (exact) mass is 471 g/mol. The maximum atomic E-state index is 9.87. The fourth-order valence-electron chi connectivity index (χ4n) is 11.5. The van der Waals surface area contributed by atoms with Crippen LogP contribution >= 0.6 is 0 Å². The zero-order valence-electron chi connectivity index (χ0n) is 22.6. The van der Waals surface area contributed by atoms with Crippen molar-refractivity contribution in [2.45, 2.75) is 111 Å². The highest BCUT2D eigenvalue weighted by Crippen LogP contribution is 2.76. The molecule has 192 valence electrons. The van der Waals surface area contributed by atoms with Crippen LogP contribution in [-0.4, -0.2) is 28.4 Å². The summed E-state index contributed by atoms with van der Waals surface area (Å²) in [5, 5.41) is 23.4. The lowest BCUT2D eigenvalue weighted by Crippen LogP contribution is -2.67. The molecular weight excluding hydrogens is 422 g/mol. The number of ether oxygens (including phenoxy) is 1. The van der Waals surface area contributed by atoms with E-state index in [1.807, 2.05) is 0 Å². The van der Waals surface area contributed by atoms with Gasteiger partial charge < -0.3 is 15.1 Å². The summed E-state index contributed by atoms with van der Waals surface area (Å²) in [7, 11) is 0. The van der Waals surface area contributed by atoms with E-state index in [-0.39, 0.29) is 28.6 Å². The predicted molar refractivity (Wildman–Crippen MR) is 137 cm³/mol. The standard InChI is InChI=1S/C30H49NO3/c1-19(2)20-10-15-30(34-18-32)17-16-28(6)21(25(20)30)8-9-23-27(5)13-12-24(31-33)26(3,4)22(27)11-14-29(23,28)7/h20-23,25,32-33H,1,8-18H2,2-7H3/b31-24+/t20?,21?,22?,23?,25?,27-,28?,29+,30?/m0/s1. The maximum Gasteiger partial charge on any atom is 0.144 e. The van der Waals surface area contributed by atoms with Crippen LogP contribution in [0.5, 0.6) is 0 Å². The number of hydrogen-bond donors (Lipinski definition) is 2. The normalized spacial score (nSPS) is 52.9. The van der Waals surface area contributed by atoms with Crippen molar-refractivity contribution in [1.29, 1.82) is 0 Å². The van der Waals surface area contributed by atoms with Crippen LogP contribution < -0.4 is 0 Å². The molecule has 5 fully saturated rings. The molecule has 0 spiro atoms. The molecule has 34 heavy (non-hydrogen) atoms. The van der Waals surface area contributed by atoms with E-state index in [1.165, 1.54) is 37.7 Å². The fourth-order valence-corrected chi connectivity index (χ4v) is 11.5. The van der Waals surface area contributed by atoms with E-state index in [4.69, 9.17) is 4.74 Å². The number of allylic oxidation sites excluding steroid dienone is 1. The summed E-state index contributed by atoms with van der Waals surface area (Å²) in [5.74, 6) is 2.91. The minimum atomic E-state index is -0.161. The van der Waals surface area contributed by atoms with E-state index in [0.717, 1.165) is 37.8 Å². The molecule has 0 aromatic heterocycles. The SMILES string of the molecule is C=C(C)C1CCC2(OCO)CCC3(C)C(CCC4[C@@]5(C)CC/C(=N\O)C(C)(C)C5CC[C@]43C)C12. The second-order valence-electron chi connectivity index (χ2n) is 14.3. The molecule has 9 atom stereocenters. The number of oxime groups is 1. The molecule has 0 saturated heterocycles. The molecule has 5 rings (SSSR count). The van der Waals surface area contributed by atoms with Gasteiger partial charge in [-0.2, -0.15) is 0 Å². The number of rotatable bonds is 3. The third kappa shape index (κ3) is 2.93. The summed E-state index contributed by atoms with van der Waals surface area (Å²) in [5.41, 5.74) is 3.00. The Hall–Kier alpha value is -0.870. The topological polar surface area (TPSA) is 62.0 Å². The largest absolute Gasteiger partial charge is 0.411 e.